The highest BCUT2D eigenvalue weighted by Crippen LogP contribution is 2.26. The Balaban J connectivity index is 1.83. The highest BCUT2D eigenvalue weighted by Gasteiger charge is 2.21. The van der Waals surface area contributed by atoms with Crippen molar-refractivity contribution in [1.29, 1.82) is 5.26 Å². The molecule has 0 bridgehead atoms. The third kappa shape index (κ3) is 3.81. The summed E-state index contributed by atoms with van der Waals surface area (Å²) >= 11 is 7.77. The summed E-state index contributed by atoms with van der Waals surface area (Å²) in [6, 6.07) is 10.1. The van der Waals surface area contributed by atoms with E-state index in [1.807, 2.05) is 17.8 Å². The van der Waals surface area contributed by atoms with Crippen LogP contribution in [0.3, 0.4) is 0 Å². The summed E-state index contributed by atoms with van der Waals surface area (Å²) in [6.07, 6.45) is 2.60. The molecule has 0 saturated carbocycles. The van der Waals surface area contributed by atoms with E-state index in [1.165, 1.54) is 0 Å². The largest absolute Gasteiger partial charge is 0.473 e. The summed E-state index contributed by atoms with van der Waals surface area (Å²) in [5.41, 5.74) is 1.03. The molecule has 0 aliphatic carbocycles. The van der Waals surface area contributed by atoms with Gasteiger partial charge in [-0.15, -0.1) is 0 Å². The van der Waals surface area contributed by atoms with Crippen LogP contribution >= 0.6 is 23.4 Å². The predicted octanol–water partition coefficient (Wildman–Crippen LogP) is 3.74. The third-order valence-electron chi connectivity index (χ3n) is 3.53. The number of thioether (sulfide) groups is 1. The first-order chi connectivity index (χ1) is 11.7. The third-order valence-corrected chi connectivity index (χ3v) is 4.90. The number of nitrogens with zero attached hydrogens (tertiary/aromatic N) is 2. The molecule has 1 atom stereocenters. The van der Waals surface area contributed by atoms with E-state index < -0.39 is 0 Å². The highest BCUT2D eigenvalue weighted by atomic mass is 35.5. The maximum atomic E-state index is 12.6. The van der Waals surface area contributed by atoms with Crippen molar-refractivity contribution in [2.45, 2.75) is 12.5 Å². The smallest absolute Gasteiger partial charge is 0.261 e. The van der Waals surface area contributed by atoms with E-state index in [2.05, 4.69) is 10.3 Å². The summed E-state index contributed by atoms with van der Waals surface area (Å²) in [4.78, 5) is 16.8. The summed E-state index contributed by atoms with van der Waals surface area (Å²) < 4.78 is 5.86. The van der Waals surface area contributed by atoms with Gasteiger partial charge in [-0.2, -0.15) is 17.0 Å². The number of nitriles is 1. The Hall–Kier alpha value is -2.23. The summed E-state index contributed by atoms with van der Waals surface area (Å²) in [6.45, 7) is 0. The Morgan fingerprint density at radius 1 is 1.46 bits per heavy atom. The fourth-order valence-electron chi connectivity index (χ4n) is 2.33. The van der Waals surface area contributed by atoms with Gasteiger partial charge in [-0.05, 0) is 42.5 Å². The van der Waals surface area contributed by atoms with Gasteiger partial charge in [-0.1, -0.05) is 11.6 Å². The van der Waals surface area contributed by atoms with Crippen molar-refractivity contribution in [2.75, 3.05) is 16.8 Å². The van der Waals surface area contributed by atoms with E-state index in [1.54, 1.807) is 36.5 Å². The number of carbonyl (C=O) groups excluding carboxylic acids is 1. The Morgan fingerprint density at radius 2 is 2.33 bits per heavy atom. The number of halogens is 1. The van der Waals surface area contributed by atoms with Crippen LogP contribution in [0.15, 0.2) is 36.5 Å². The van der Waals surface area contributed by atoms with Crippen molar-refractivity contribution in [1.82, 2.24) is 4.98 Å². The van der Waals surface area contributed by atoms with Gasteiger partial charge in [0.05, 0.1) is 11.3 Å². The molecule has 3 rings (SSSR count). The van der Waals surface area contributed by atoms with Gasteiger partial charge in [0.15, 0.2) is 0 Å². The maximum Gasteiger partial charge on any atom is 0.261 e. The van der Waals surface area contributed by atoms with Gasteiger partial charge < -0.3 is 10.1 Å². The van der Waals surface area contributed by atoms with Gasteiger partial charge >= 0.3 is 0 Å². The first-order valence-electron chi connectivity index (χ1n) is 7.38. The Labute approximate surface area is 149 Å². The molecular formula is C17H14ClN3O2S. The molecule has 5 nitrogen and oxygen atoms in total. The van der Waals surface area contributed by atoms with Crippen LogP contribution in [0.4, 0.5) is 5.69 Å². The number of anilines is 1. The predicted molar refractivity (Wildman–Crippen MR) is 94.7 cm³/mol. The molecule has 1 saturated heterocycles. The number of nitrogens with one attached hydrogen (secondary N) is 1. The molecular weight excluding hydrogens is 346 g/mol. The van der Waals surface area contributed by atoms with Gasteiger partial charge in [0.1, 0.15) is 17.7 Å². The van der Waals surface area contributed by atoms with E-state index in [0.717, 1.165) is 17.9 Å². The standard InChI is InChI=1S/C17H14ClN3O2S/c18-12-4-3-11(9-19)15(8-12)21-16(22)14-2-1-6-20-17(14)23-13-5-7-24-10-13/h1-4,6,8,13H,5,7,10H2,(H,21,22). The minimum atomic E-state index is -0.387. The first kappa shape index (κ1) is 16.6. The topological polar surface area (TPSA) is 75.0 Å². The molecule has 7 heteroatoms. The first-order valence-corrected chi connectivity index (χ1v) is 8.91. The van der Waals surface area contributed by atoms with Gasteiger partial charge in [0.25, 0.3) is 5.91 Å². The fourth-order valence-corrected chi connectivity index (χ4v) is 3.59. The normalized spacial score (nSPS) is 16.4. The van der Waals surface area contributed by atoms with Gasteiger partial charge in [0, 0.05) is 17.0 Å². The molecule has 1 aliphatic rings. The number of hydrogen-bond acceptors (Lipinski definition) is 5. The molecule has 1 amide bonds. The number of carbonyl (C=O) groups is 1. The molecule has 1 fully saturated rings. The number of hydrogen-bond donors (Lipinski definition) is 1. The number of amides is 1. The molecule has 122 valence electrons. The van der Waals surface area contributed by atoms with Gasteiger partial charge in [0.2, 0.25) is 5.88 Å². The molecule has 24 heavy (non-hydrogen) atoms. The number of rotatable bonds is 4. The van der Waals surface area contributed by atoms with E-state index in [-0.39, 0.29) is 12.0 Å². The Kier molecular flexibility index (Phi) is 5.24. The quantitative estimate of drug-likeness (QED) is 0.899. The lowest BCUT2D eigenvalue weighted by atomic mass is 10.1. The number of aromatic nitrogens is 1. The molecule has 2 heterocycles. The molecule has 2 aromatic rings. The molecule has 1 aliphatic heterocycles. The van der Waals surface area contributed by atoms with E-state index >= 15 is 0 Å². The zero-order chi connectivity index (χ0) is 16.9. The van der Waals surface area contributed by atoms with Crippen LogP contribution in [0.2, 0.25) is 5.02 Å². The van der Waals surface area contributed by atoms with Crippen LogP contribution in [-0.2, 0) is 0 Å². The zero-order valence-corrected chi connectivity index (χ0v) is 14.2. The average molecular weight is 360 g/mol. The van der Waals surface area contributed by atoms with Crippen molar-refractivity contribution in [3.05, 3.63) is 52.7 Å². The Bertz CT molecular complexity index is 801. The van der Waals surface area contributed by atoms with Crippen LogP contribution in [0, 0.1) is 11.3 Å². The monoisotopic (exact) mass is 359 g/mol. The molecule has 1 N–H and O–H groups in total. The van der Waals surface area contributed by atoms with Crippen molar-refractivity contribution >= 4 is 35.0 Å². The van der Waals surface area contributed by atoms with Crippen LogP contribution in [0.5, 0.6) is 5.88 Å². The summed E-state index contributed by atoms with van der Waals surface area (Å²) in [5.74, 6) is 1.86. The van der Waals surface area contributed by atoms with E-state index in [0.29, 0.717) is 27.7 Å². The molecule has 1 unspecified atom stereocenters. The second-order valence-corrected chi connectivity index (χ2v) is 6.80. The number of benzene rings is 1. The minimum absolute atomic E-state index is 0.0669. The number of ether oxygens (including phenoxy) is 1. The minimum Gasteiger partial charge on any atom is -0.473 e. The van der Waals surface area contributed by atoms with Crippen LogP contribution in [0.25, 0.3) is 0 Å². The Morgan fingerprint density at radius 3 is 3.08 bits per heavy atom. The summed E-state index contributed by atoms with van der Waals surface area (Å²) in [7, 11) is 0. The molecule has 0 spiro atoms. The van der Waals surface area contributed by atoms with Crippen molar-refractivity contribution < 1.29 is 9.53 Å². The van der Waals surface area contributed by atoms with Gasteiger partial charge in [-0.3, -0.25) is 4.79 Å². The maximum absolute atomic E-state index is 12.6. The van der Waals surface area contributed by atoms with Crippen molar-refractivity contribution in [3.63, 3.8) is 0 Å². The van der Waals surface area contributed by atoms with Crippen molar-refractivity contribution in [2.24, 2.45) is 0 Å². The summed E-state index contributed by atoms with van der Waals surface area (Å²) in [5, 5.41) is 12.3. The lowest BCUT2D eigenvalue weighted by Gasteiger charge is -2.15. The van der Waals surface area contributed by atoms with E-state index in [9.17, 15) is 4.79 Å². The fraction of sp³-hybridized carbons (Fsp3) is 0.235. The van der Waals surface area contributed by atoms with Crippen LogP contribution in [-0.4, -0.2) is 28.5 Å². The van der Waals surface area contributed by atoms with E-state index in [4.69, 9.17) is 21.6 Å². The molecule has 0 radical (unpaired) electrons. The average Bonchev–Trinajstić information content (AvgIpc) is 3.08. The highest BCUT2D eigenvalue weighted by molar-refractivity contribution is 7.99. The lowest BCUT2D eigenvalue weighted by Crippen LogP contribution is -2.20. The second-order valence-electron chi connectivity index (χ2n) is 5.22. The van der Waals surface area contributed by atoms with Gasteiger partial charge in [-0.25, -0.2) is 4.98 Å². The van der Waals surface area contributed by atoms with Crippen molar-refractivity contribution in [3.8, 4) is 11.9 Å². The van der Waals surface area contributed by atoms with Crippen LogP contribution < -0.4 is 10.1 Å². The molecule has 1 aromatic carbocycles. The lowest BCUT2D eigenvalue weighted by molar-refractivity contribution is 0.101. The second kappa shape index (κ2) is 7.56. The molecule has 1 aromatic heterocycles. The number of pyridine rings is 1. The zero-order valence-electron chi connectivity index (χ0n) is 12.7. The van der Waals surface area contributed by atoms with Crippen LogP contribution in [0.1, 0.15) is 22.3 Å². The SMILES string of the molecule is N#Cc1ccc(Cl)cc1NC(=O)c1cccnc1OC1CCSC1.